The summed E-state index contributed by atoms with van der Waals surface area (Å²) in [5, 5.41) is 12.3. The van der Waals surface area contributed by atoms with Crippen LogP contribution in [-0.4, -0.2) is 51.3 Å². The molecule has 7 heteroatoms. The molecule has 1 heterocycles. The molecule has 0 saturated heterocycles. The molecule has 2 rings (SSSR count). The van der Waals surface area contributed by atoms with Crippen LogP contribution in [0.5, 0.6) is 11.5 Å². The summed E-state index contributed by atoms with van der Waals surface area (Å²) in [6.45, 7) is 1.47. The Morgan fingerprint density at radius 2 is 2.00 bits per heavy atom. The van der Waals surface area contributed by atoms with Gasteiger partial charge in [0.15, 0.2) is 11.5 Å². The van der Waals surface area contributed by atoms with Crippen LogP contribution in [0.2, 0.25) is 0 Å². The first-order valence-corrected chi connectivity index (χ1v) is 7.11. The molecule has 1 aromatic heterocycles. The topological polar surface area (TPSA) is 83.5 Å². The molecule has 0 spiro atoms. The van der Waals surface area contributed by atoms with E-state index in [9.17, 15) is 5.26 Å². The highest BCUT2D eigenvalue weighted by Gasteiger charge is 2.16. The Balaban J connectivity index is 2.27. The fourth-order valence-corrected chi connectivity index (χ4v) is 2.00. The first-order valence-electron chi connectivity index (χ1n) is 7.11. The number of rotatable bonds is 7. The van der Waals surface area contributed by atoms with Crippen LogP contribution < -0.4 is 14.8 Å². The second-order valence-corrected chi connectivity index (χ2v) is 5.11. The second kappa shape index (κ2) is 7.51. The molecule has 0 aliphatic heterocycles. The number of nitrogens with one attached hydrogen (secondary N) is 1. The van der Waals surface area contributed by atoms with Gasteiger partial charge in [-0.05, 0) is 32.3 Å². The largest absolute Gasteiger partial charge is 0.493 e. The summed E-state index contributed by atoms with van der Waals surface area (Å²) in [7, 11) is 7.08. The van der Waals surface area contributed by atoms with E-state index >= 15 is 0 Å². The predicted molar refractivity (Wildman–Crippen MR) is 86.8 cm³/mol. The number of nitriles is 1. The van der Waals surface area contributed by atoms with E-state index in [1.165, 1.54) is 0 Å². The number of ether oxygens (including phenoxy) is 2. The van der Waals surface area contributed by atoms with Gasteiger partial charge in [-0.3, -0.25) is 0 Å². The maximum atomic E-state index is 9.20. The Kier molecular flexibility index (Phi) is 5.44. The quantitative estimate of drug-likeness (QED) is 0.838. The third-order valence-corrected chi connectivity index (χ3v) is 3.21. The normalized spacial score (nSPS) is 10.4. The SMILES string of the molecule is COc1ccc(-c2nc(C#N)c(NCCN(C)C)o2)cc1OC. The van der Waals surface area contributed by atoms with Gasteiger partial charge in [0.1, 0.15) is 6.07 Å². The third-order valence-electron chi connectivity index (χ3n) is 3.21. The Morgan fingerprint density at radius 1 is 1.26 bits per heavy atom. The van der Waals surface area contributed by atoms with Crippen LogP contribution in [0.15, 0.2) is 22.6 Å². The highest BCUT2D eigenvalue weighted by Crippen LogP contribution is 2.33. The summed E-state index contributed by atoms with van der Waals surface area (Å²) >= 11 is 0. The summed E-state index contributed by atoms with van der Waals surface area (Å²) in [4.78, 5) is 6.26. The van der Waals surface area contributed by atoms with Crippen molar-refractivity contribution in [1.82, 2.24) is 9.88 Å². The maximum absolute atomic E-state index is 9.20. The number of likely N-dealkylation sites (N-methyl/N-ethyl adjacent to an activating group) is 1. The van der Waals surface area contributed by atoms with Gasteiger partial charge in [0, 0.05) is 18.7 Å². The zero-order valence-electron chi connectivity index (χ0n) is 13.7. The average molecular weight is 316 g/mol. The van der Waals surface area contributed by atoms with Crippen LogP contribution in [0, 0.1) is 11.3 Å². The maximum Gasteiger partial charge on any atom is 0.232 e. The fraction of sp³-hybridized carbons (Fsp3) is 0.375. The minimum atomic E-state index is 0.230. The van der Waals surface area contributed by atoms with Crippen LogP contribution in [0.4, 0.5) is 5.88 Å². The van der Waals surface area contributed by atoms with Crippen molar-refractivity contribution < 1.29 is 13.9 Å². The number of hydrogen-bond donors (Lipinski definition) is 1. The Hall–Kier alpha value is -2.72. The first-order chi connectivity index (χ1) is 11.1. The van der Waals surface area contributed by atoms with Crippen molar-refractivity contribution in [3.8, 4) is 29.0 Å². The van der Waals surface area contributed by atoms with E-state index in [1.807, 2.05) is 25.1 Å². The first kappa shape index (κ1) is 16.6. The van der Waals surface area contributed by atoms with E-state index in [0.717, 1.165) is 6.54 Å². The van der Waals surface area contributed by atoms with Crippen molar-refractivity contribution in [3.05, 3.63) is 23.9 Å². The molecule has 2 aromatic rings. The van der Waals surface area contributed by atoms with Gasteiger partial charge in [0.2, 0.25) is 17.5 Å². The smallest absolute Gasteiger partial charge is 0.232 e. The number of methoxy groups -OCH3 is 2. The van der Waals surface area contributed by atoms with Crippen molar-refractivity contribution in [3.63, 3.8) is 0 Å². The number of benzene rings is 1. The fourth-order valence-electron chi connectivity index (χ4n) is 2.00. The van der Waals surface area contributed by atoms with E-state index in [1.54, 1.807) is 32.4 Å². The lowest BCUT2D eigenvalue weighted by molar-refractivity contribution is 0.355. The number of aromatic nitrogens is 1. The number of oxazole rings is 1. The molecule has 0 radical (unpaired) electrons. The highest BCUT2D eigenvalue weighted by molar-refractivity contribution is 5.63. The van der Waals surface area contributed by atoms with Gasteiger partial charge < -0.3 is 24.1 Å². The van der Waals surface area contributed by atoms with Gasteiger partial charge in [-0.25, -0.2) is 0 Å². The number of hydrogen-bond acceptors (Lipinski definition) is 7. The summed E-state index contributed by atoms with van der Waals surface area (Å²) < 4.78 is 16.2. The zero-order chi connectivity index (χ0) is 16.8. The number of nitrogens with zero attached hydrogens (tertiary/aromatic N) is 3. The Labute approximate surface area is 135 Å². The van der Waals surface area contributed by atoms with E-state index in [-0.39, 0.29) is 5.69 Å². The molecular formula is C16H20N4O3. The van der Waals surface area contributed by atoms with Crippen molar-refractivity contribution in [2.24, 2.45) is 0 Å². The minimum absolute atomic E-state index is 0.230. The van der Waals surface area contributed by atoms with Gasteiger partial charge in [-0.15, -0.1) is 0 Å². The second-order valence-electron chi connectivity index (χ2n) is 5.11. The lowest BCUT2D eigenvalue weighted by Crippen LogP contribution is -2.20. The van der Waals surface area contributed by atoms with Crippen molar-refractivity contribution >= 4 is 5.88 Å². The van der Waals surface area contributed by atoms with Crippen LogP contribution in [-0.2, 0) is 0 Å². The van der Waals surface area contributed by atoms with E-state index in [4.69, 9.17) is 13.9 Å². The monoisotopic (exact) mass is 316 g/mol. The molecule has 0 amide bonds. The molecule has 1 N–H and O–H groups in total. The molecule has 0 fully saturated rings. The standard InChI is InChI=1S/C16H20N4O3/c1-20(2)8-7-18-16-12(10-17)19-15(23-16)11-5-6-13(21-3)14(9-11)22-4/h5-6,9,18H,7-8H2,1-4H3. The van der Waals surface area contributed by atoms with Gasteiger partial charge in [0.25, 0.3) is 0 Å². The van der Waals surface area contributed by atoms with Crippen LogP contribution >= 0.6 is 0 Å². The minimum Gasteiger partial charge on any atom is -0.493 e. The third kappa shape index (κ3) is 3.93. The summed E-state index contributed by atoms with van der Waals surface area (Å²) in [5.74, 6) is 1.92. The lowest BCUT2D eigenvalue weighted by atomic mass is 10.2. The number of anilines is 1. The van der Waals surface area contributed by atoms with Crippen molar-refractivity contribution in [2.45, 2.75) is 0 Å². The van der Waals surface area contributed by atoms with Crippen molar-refractivity contribution in [1.29, 1.82) is 5.26 Å². The van der Waals surface area contributed by atoms with Gasteiger partial charge in [0.05, 0.1) is 14.2 Å². The molecule has 7 nitrogen and oxygen atoms in total. The Morgan fingerprint density at radius 3 is 2.61 bits per heavy atom. The molecule has 0 bridgehead atoms. The molecule has 0 aliphatic carbocycles. The van der Waals surface area contributed by atoms with Gasteiger partial charge >= 0.3 is 0 Å². The molecular weight excluding hydrogens is 296 g/mol. The zero-order valence-corrected chi connectivity index (χ0v) is 13.7. The van der Waals surface area contributed by atoms with Crippen LogP contribution in [0.3, 0.4) is 0 Å². The molecule has 0 unspecified atom stereocenters. The molecule has 1 aromatic carbocycles. The van der Waals surface area contributed by atoms with E-state index in [2.05, 4.69) is 10.3 Å². The lowest BCUT2D eigenvalue weighted by Gasteiger charge is -2.09. The van der Waals surface area contributed by atoms with E-state index in [0.29, 0.717) is 35.4 Å². The van der Waals surface area contributed by atoms with Crippen LogP contribution in [0.25, 0.3) is 11.5 Å². The molecule has 0 saturated carbocycles. The molecule has 0 atom stereocenters. The summed E-state index contributed by atoms with van der Waals surface area (Å²) in [5.41, 5.74) is 0.938. The molecule has 122 valence electrons. The van der Waals surface area contributed by atoms with Crippen molar-refractivity contribution in [2.75, 3.05) is 46.7 Å². The summed E-state index contributed by atoms with van der Waals surface area (Å²) in [6, 6.07) is 7.37. The van der Waals surface area contributed by atoms with Crippen LogP contribution in [0.1, 0.15) is 5.69 Å². The predicted octanol–water partition coefficient (Wildman–Crippen LogP) is 2.20. The molecule has 23 heavy (non-hydrogen) atoms. The van der Waals surface area contributed by atoms with Gasteiger partial charge in [-0.2, -0.15) is 10.2 Å². The highest BCUT2D eigenvalue weighted by atomic mass is 16.5. The average Bonchev–Trinajstić information content (AvgIpc) is 2.97. The van der Waals surface area contributed by atoms with Gasteiger partial charge in [-0.1, -0.05) is 0 Å². The summed E-state index contributed by atoms with van der Waals surface area (Å²) in [6.07, 6.45) is 0. The Bertz CT molecular complexity index is 704. The van der Waals surface area contributed by atoms with E-state index < -0.39 is 0 Å². The molecule has 0 aliphatic rings.